The molecule has 0 bridgehead atoms. The summed E-state index contributed by atoms with van der Waals surface area (Å²) in [5, 5.41) is 3.56. The molecular weight excluding hydrogens is 314 g/mol. The van der Waals surface area contributed by atoms with E-state index in [1.54, 1.807) is 11.3 Å². The SMILES string of the molecule is CC(=Cc1nc2c(s1)CCCC2)c1nc2sccc2c(=O)[nH]1. The van der Waals surface area contributed by atoms with Crippen LogP contribution in [0.15, 0.2) is 16.2 Å². The average Bonchev–Trinajstić information content (AvgIpc) is 3.12. The monoisotopic (exact) mass is 329 g/mol. The highest BCUT2D eigenvalue weighted by molar-refractivity contribution is 7.16. The van der Waals surface area contributed by atoms with Crippen molar-refractivity contribution in [1.29, 1.82) is 0 Å². The molecule has 0 saturated carbocycles. The molecule has 1 aliphatic rings. The maximum Gasteiger partial charge on any atom is 0.259 e. The van der Waals surface area contributed by atoms with Crippen molar-refractivity contribution in [3.05, 3.63) is 43.2 Å². The van der Waals surface area contributed by atoms with Crippen molar-refractivity contribution < 1.29 is 0 Å². The molecule has 0 saturated heterocycles. The van der Waals surface area contributed by atoms with Crippen molar-refractivity contribution in [3.63, 3.8) is 0 Å². The van der Waals surface area contributed by atoms with Gasteiger partial charge >= 0.3 is 0 Å². The summed E-state index contributed by atoms with van der Waals surface area (Å²) in [4.78, 5) is 26.4. The highest BCUT2D eigenvalue weighted by atomic mass is 32.1. The molecule has 1 N–H and O–H groups in total. The van der Waals surface area contributed by atoms with Crippen LogP contribution in [-0.4, -0.2) is 15.0 Å². The van der Waals surface area contributed by atoms with Gasteiger partial charge in [-0.1, -0.05) is 0 Å². The van der Waals surface area contributed by atoms with Gasteiger partial charge in [-0.05, 0) is 55.7 Å². The van der Waals surface area contributed by atoms with Crippen LogP contribution < -0.4 is 5.56 Å². The zero-order chi connectivity index (χ0) is 15.1. The van der Waals surface area contributed by atoms with Crippen molar-refractivity contribution in [2.24, 2.45) is 0 Å². The first kappa shape index (κ1) is 13.8. The molecule has 3 heterocycles. The summed E-state index contributed by atoms with van der Waals surface area (Å²) >= 11 is 3.25. The van der Waals surface area contributed by atoms with E-state index >= 15 is 0 Å². The van der Waals surface area contributed by atoms with Crippen LogP contribution in [0.1, 0.15) is 41.2 Å². The van der Waals surface area contributed by atoms with Crippen LogP contribution in [0.25, 0.3) is 21.9 Å². The predicted molar refractivity (Wildman–Crippen MR) is 92.5 cm³/mol. The number of allylic oxidation sites excluding steroid dienone is 1. The minimum Gasteiger partial charge on any atom is -0.306 e. The van der Waals surface area contributed by atoms with Crippen molar-refractivity contribution in [2.45, 2.75) is 32.6 Å². The summed E-state index contributed by atoms with van der Waals surface area (Å²) in [6, 6.07) is 1.81. The fraction of sp³-hybridized carbons (Fsp3) is 0.312. The molecule has 0 atom stereocenters. The van der Waals surface area contributed by atoms with Crippen LogP contribution in [0.2, 0.25) is 0 Å². The average molecular weight is 329 g/mol. The Morgan fingerprint density at radius 3 is 3.05 bits per heavy atom. The number of aromatic nitrogens is 3. The largest absolute Gasteiger partial charge is 0.306 e. The fourth-order valence-electron chi connectivity index (χ4n) is 2.74. The lowest BCUT2D eigenvalue weighted by Crippen LogP contribution is -2.09. The van der Waals surface area contributed by atoms with Gasteiger partial charge in [-0.3, -0.25) is 4.79 Å². The summed E-state index contributed by atoms with van der Waals surface area (Å²) < 4.78 is 0. The minimum absolute atomic E-state index is 0.0765. The van der Waals surface area contributed by atoms with E-state index in [1.807, 2.05) is 24.4 Å². The number of fused-ring (bicyclic) bond motifs is 2. The predicted octanol–water partition coefficient (Wildman–Crippen LogP) is 3.88. The normalized spacial score (nSPS) is 15.2. The molecular formula is C16H15N3OS2. The molecule has 0 fully saturated rings. The van der Waals surface area contributed by atoms with Crippen LogP contribution in [0, 0.1) is 0 Å². The summed E-state index contributed by atoms with van der Waals surface area (Å²) in [5.41, 5.74) is 2.12. The Labute approximate surface area is 135 Å². The molecule has 4 rings (SSSR count). The summed E-state index contributed by atoms with van der Waals surface area (Å²) in [6.45, 7) is 1.97. The number of nitrogens with one attached hydrogen (secondary N) is 1. The maximum absolute atomic E-state index is 12.0. The van der Waals surface area contributed by atoms with Gasteiger partial charge in [0.05, 0.1) is 11.1 Å². The van der Waals surface area contributed by atoms with E-state index in [0.717, 1.165) is 28.3 Å². The second kappa shape index (κ2) is 5.44. The Morgan fingerprint density at radius 1 is 1.32 bits per heavy atom. The standard InChI is InChI=1S/C16H15N3OS2/c1-9(8-13-17-11-4-2-3-5-12(11)22-13)14-18-15(20)10-6-7-21-16(10)19-14/h6-8H,2-5H2,1H3,(H,18,19,20). The lowest BCUT2D eigenvalue weighted by Gasteiger charge is -2.06. The lowest BCUT2D eigenvalue weighted by atomic mass is 10.0. The molecule has 22 heavy (non-hydrogen) atoms. The quantitative estimate of drug-likeness (QED) is 0.776. The number of aromatic amines is 1. The van der Waals surface area contributed by atoms with Crippen LogP contribution in [0.3, 0.4) is 0 Å². The van der Waals surface area contributed by atoms with E-state index in [-0.39, 0.29) is 5.56 Å². The summed E-state index contributed by atoms with van der Waals surface area (Å²) in [5.74, 6) is 0.633. The first-order valence-electron chi connectivity index (χ1n) is 7.35. The highest BCUT2D eigenvalue weighted by Crippen LogP contribution is 2.28. The molecule has 0 radical (unpaired) electrons. The molecule has 3 aromatic rings. The third kappa shape index (κ3) is 2.42. The molecule has 1 aliphatic carbocycles. The minimum atomic E-state index is -0.0765. The molecule has 112 valence electrons. The van der Waals surface area contributed by atoms with E-state index < -0.39 is 0 Å². The Balaban J connectivity index is 1.74. The molecule has 3 aromatic heterocycles. The summed E-state index contributed by atoms with van der Waals surface area (Å²) in [6.07, 6.45) is 6.77. The van der Waals surface area contributed by atoms with E-state index in [0.29, 0.717) is 11.2 Å². The zero-order valence-electron chi connectivity index (χ0n) is 12.2. The molecule has 0 aromatic carbocycles. The third-order valence-corrected chi connectivity index (χ3v) is 5.82. The van der Waals surface area contributed by atoms with Crippen LogP contribution in [0.5, 0.6) is 0 Å². The smallest absolute Gasteiger partial charge is 0.259 e. The van der Waals surface area contributed by atoms with Crippen molar-refractivity contribution in [2.75, 3.05) is 0 Å². The molecule has 0 spiro atoms. The van der Waals surface area contributed by atoms with Gasteiger partial charge in [-0.15, -0.1) is 22.7 Å². The van der Waals surface area contributed by atoms with Crippen molar-refractivity contribution in [3.8, 4) is 0 Å². The molecule has 0 unspecified atom stereocenters. The maximum atomic E-state index is 12.0. The highest BCUT2D eigenvalue weighted by Gasteiger charge is 2.14. The molecule has 0 aliphatic heterocycles. The van der Waals surface area contributed by atoms with Crippen LogP contribution in [-0.2, 0) is 12.8 Å². The summed E-state index contributed by atoms with van der Waals surface area (Å²) in [7, 11) is 0. The van der Waals surface area contributed by atoms with Gasteiger partial charge in [0, 0.05) is 4.88 Å². The second-order valence-corrected chi connectivity index (χ2v) is 7.52. The topological polar surface area (TPSA) is 58.6 Å². The van der Waals surface area contributed by atoms with Gasteiger partial charge in [0.15, 0.2) is 0 Å². The Morgan fingerprint density at radius 2 is 2.18 bits per heavy atom. The molecule has 4 nitrogen and oxygen atoms in total. The van der Waals surface area contributed by atoms with E-state index in [2.05, 4.69) is 9.97 Å². The van der Waals surface area contributed by atoms with E-state index in [4.69, 9.17) is 4.98 Å². The number of rotatable bonds is 2. The third-order valence-electron chi connectivity index (χ3n) is 3.91. The van der Waals surface area contributed by atoms with Gasteiger partial charge in [0.1, 0.15) is 15.7 Å². The van der Waals surface area contributed by atoms with Gasteiger partial charge in [-0.2, -0.15) is 0 Å². The number of thiazole rings is 1. The Hall–Kier alpha value is -1.79. The van der Waals surface area contributed by atoms with Gasteiger partial charge < -0.3 is 4.98 Å². The zero-order valence-corrected chi connectivity index (χ0v) is 13.8. The number of hydrogen-bond acceptors (Lipinski definition) is 5. The van der Waals surface area contributed by atoms with Crippen LogP contribution >= 0.6 is 22.7 Å². The first-order valence-corrected chi connectivity index (χ1v) is 9.05. The van der Waals surface area contributed by atoms with Gasteiger partial charge in [0.25, 0.3) is 5.56 Å². The van der Waals surface area contributed by atoms with Crippen molar-refractivity contribution in [1.82, 2.24) is 15.0 Å². The second-order valence-electron chi connectivity index (χ2n) is 5.51. The van der Waals surface area contributed by atoms with E-state index in [1.165, 1.54) is 34.7 Å². The van der Waals surface area contributed by atoms with E-state index in [9.17, 15) is 4.79 Å². The van der Waals surface area contributed by atoms with Gasteiger partial charge in [-0.25, -0.2) is 9.97 Å². The first-order chi connectivity index (χ1) is 10.7. The molecule has 0 amide bonds. The number of aryl methyl sites for hydroxylation is 2. The Bertz CT molecular complexity index is 909. The number of thiophene rings is 1. The fourth-order valence-corrected chi connectivity index (χ4v) is 4.66. The van der Waals surface area contributed by atoms with Gasteiger partial charge in [0.2, 0.25) is 0 Å². The number of H-pyrrole nitrogens is 1. The Kier molecular flexibility index (Phi) is 3.43. The lowest BCUT2D eigenvalue weighted by molar-refractivity contribution is 0.682. The number of nitrogens with zero attached hydrogens (tertiary/aromatic N) is 2. The number of hydrogen-bond donors (Lipinski definition) is 1. The van der Waals surface area contributed by atoms with Crippen LogP contribution in [0.4, 0.5) is 0 Å². The molecule has 6 heteroatoms. The van der Waals surface area contributed by atoms with Crippen molar-refractivity contribution >= 4 is 44.5 Å².